The molecule has 6 heteroatoms. The van der Waals surface area contributed by atoms with Crippen molar-refractivity contribution in [3.8, 4) is 11.1 Å². The number of aromatic nitrogens is 4. The summed E-state index contributed by atoms with van der Waals surface area (Å²) in [5.41, 5.74) is 5.98. The Balaban J connectivity index is 1.54. The molecule has 0 radical (unpaired) electrons. The first-order chi connectivity index (χ1) is 13.2. The second kappa shape index (κ2) is 7.87. The minimum atomic E-state index is 0.456. The van der Waals surface area contributed by atoms with Crippen LogP contribution >= 0.6 is 11.6 Å². The highest BCUT2D eigenvalue weighted by Gasteiger charge is 2.26. The number of hydrogen-bond acceptors (Lipinski definition) is 3. The molecule has 1 unspecified atom stereocenters. The lowest BCUT2D eigenvalue weighted by Gasteiger charge is -2.32. The zero-order valence-corrected chi connectivity index (χ0v) is 16.7. The molecule has 0 amide bonds. The van der Waals surface area contributed by atoms with Gasteiger partial charge in [-0.15, -0.1) is 0 Å². The van der Waals surface area contributed by atoms with Crippen LogP contribution in [0.5, 0.6) is 0 Å². The zero-order chi connectivity index (χ0) is 18.8. The number of halogens is 1. The van der Waals surface area contributed by atoms with Crippen LogP contribution < -0.4 is 0 Å². The zero-order valence-electron chi connectivity index (χ0n) is 16.0. The van der Waals surface area contributed by atoms with Crippen molar-refractivity contribution in [2.75, 3.05) is 13.1 Å². The van der Waals surface area contributed by atoms with Crippen molar-refractivity contribution < 1.29 is 0 Å². The van der Waals surface area contributed by atoms with Crippen LogP contribution in [0.4, 0.5) is 0 Å². The van der Waals surface area contributed by atoms with Crippen LogP contribution in [-0.4, -0.2) is 38.0 Å². The second-order valence-electron chi connectivity index (χ2n) is 7.33. The molecule has 0 bridgehead atoms. The standard InChI is InChI=1S/C21H26ClN5/c1-3-19-18(21(22)26(2)25-19)14-27-11-7-10-16(13-27)20-17(12-23-24-20)15-8-5-4-6-9-15/h4-6,8-9,12,16H,3,7,10-11,13-14H2,1-2H3,(H,23,24). The van der Waals surface area contributed by atoms with E-state index in [0.717, 1.165) is 36.9 Å². The van der Waals surface area contributed by atoms with Crippen LogP contribution in [0, 0.1) is 0 Å². The van der Waals surface area contributed by atoms with E-state index in [1.54, 1.807) is 4.68 Å². The van der Waals surface area contributed by atoms with Gasteiger partial charge in [-0.25, -0.2) is 0 Å². The van der Waals surface area contributed by atoms with Crippen LogP contribution in [0.1, 0.15) is 42.6 Å². The maximum Gasteiger partial charge on any atom is 0.131 e. The van der Waals surface area contributed by atoms with Gasteiger partial charge in [0.25, 0.3) is 0 Å². The summed E-state index contributed by atoms with van der Waals surface area (Å²) < 4.78 is 1.79. The SMILES string of the molecule is CCc1nn(C)c(Cl)c1CN1CCCC(c2[nH]ncc2-c2ccccc2)C1. The number of hydrogen-bond donors (Lipinski definition) is 1. The molecule has 1 aliphatic heterocycles. The van der Waals surface area contributed by atoms with Gasteiger partial charge in [-0.1, -0.05) is 48.9 Å². The Labute approximate surface area is 165 Å². The number of rotatable bonds is 5. The van der Waals surface area contributed by atoms with Gasteiger partial charge in [0.1, 0.15) is 5.15 Å². The molecule has 3 heterocycles. The predicted molar refractivity (Wildman–Crippen MR) is 109 cm³/mol. The molecule has 2 aromatic heterocycles. The third-order valence-corrected chi connectivity index (χ3v) is 6.01. The van der Waals surface area contributed by atoms with Gasteiger partial charge in [-0.2, -0.15) is 10.2 Å². The Morgan fingerprint density at radius 1 is 1.26 bits per heavy atom. The molecule has 1 aliphatic rings. The van der Waals surface area contributed by atoms with E-state index < -0.39 is 0 Å². The van der Waals surface area contributed by atoms with Crippen molar-refractivity contribution >= 4 is 11.6 Å². The van der Waals surface area contributed by atoms with Crippen molar-refractivity contribution in [3.63, 3.8) is 0 Å². The summed E-state index contributed by atoms with van der Waals surface area (Å²) >= 11 is 6.51. The molecule has 5 nitrogen and oxygen atoms in total. The molecule has 0 spiro atoms. The molecular weight excluding hydrogens is 358 g/mol. The van der Waals surface area contributed by atoms with Gasteiger partial charge in [-0.05, 0) is 31.4 Å². The summed E-state index contributed by atoms with van der Waals surface area (Å²) in [4.78, 5) is 2.51. The molecular formula is C21H26ClN5. The van der Waals surface area contributed by atoms with Crippen molar-refractivity contribution in [2.45, 2.75) is 38.6 Å². The lowest BCUT2D eigenvalue weighted by Crippen LogP contribution is -2.34. The van der Waals surface area contributed by atoms with Gasteiger partial charge in [0, 0.05) is 42.9 Å². The second-order valence-corrected chi connectivity index (χ2v) is 7.69. The highest BCUT2D eigenvalue weighted by atomic mass is 35.5. The Morgan fingerprint density at radius 3 is 2.85 bits per heavy atom. The fourth-order valence-electron chi connectivity index (χ4n) is 4.15. The lowest BCUT2D eigenvalue weighted by atomic mass is 9.90. The molecule has 1 aromatic carbocycles. The van der Waals surface area contributed by atoms with Gasteiger partial charge in [0.15, 0.2) is 0 Å². The number of benzene rings is 1. The Hall–Kier alpha value is -2.11. The number of likely N-dealkylation sites (tertiary alicyclic amines) is 1. The van der Waals surface area contributed by atoms with Crippen LogP contribution in [0.3, 0.4) is 0 Å². The number of aromatic amines is 1. The van der Waals surface area contributed by atoms with E-state index in [1.165, 1.54) is 35.2 Å². The third kappa shape index (κ3) is 3.66. The first-order valence-electron chi connectivity index (χ1n) is 9.68. The van der Waals surface area contributed by atoms with E-state index in [-0.39, 0.29) is 0 Å². The normalized spacial score (nSPS) is 18.1. The lowest BCUT2D eigenvalue weighted by molar-refractivity contribution is 0.198. The fraction of sp³-hybridized carbons (Fsp3) is 0.429. The van der Waals surface area contributed by atoms with Gasteiger partial charge in [-0.3, -0.25) is 14.7 Å². The number of nitrogens with zero attached hydrogens (tertiary/aromatic N) is 4. The topological polar surface area (TPSA) is 49.7 Å². The van der Waals surface area contributed by atoms with E-state index in [2.05, 4.69) is 57.5 Å². The molecule has 1 saturated heterocycles. The molecule has 27 heavy (non-hydrogen) atoms. The van der Waals surface area contributed by atoms with Crippen molar-refractivity contribution in [2.24, 2.45) is 7.05 Å². The minimum Gasteiger partial charge on any atom is -0.298 e. The molecule has 1 N–H and O–H groups in total. The number of H-pyrrole nitrogens is 1. The maximum atomic E-state index is 6.51. The van der Waals surface area contributed by atoms with Crippen LogP contribution in [-0.2, 0) is 20.0 Å². The van der Waals surface area contributed by atoms with Crippen molar-refractivity contribution in [1.82, 2.24) is 24.9 Å². The quantitative estimate of drug-likeness (QED) is 0.710. The molecule has 3 aromatic rings. The average molecular weight is 384 g/mol. The van der Waals surface area contributed by atoms with Gasteiger partial charge >= 0.3 is 0 Å². The number of piperidine rings is 1. The van der Waals surface area contributed by atoms with E-state index in [1.807, 2.05) is 13.2 Å². The van der Waals surface area contributed by atoms with Crippen LogP contribution in [0.15, 0.2) is 36.5 Å². The Morgan fingerprint density at radius 2 is 2.07 bits per heavy atom. The fourth-order valence-corrected chi connectivity index (χ4v) is 4.36. The summed E-state index contributed by atoms with van der Waals surface area (Å²) in [5, 5.41) is 12.9. The van der Waals surface area contributed by atoms with Crippen molar-refractivity contribution in [3.05, 3.63) is 58.6 Å². The summed E-state index contributed by atoms with van der Waals surface area (Å²) in [6, 6.07) is 10.5. The average Bonchev–Trinajstić information content (AvgIpc) is 3.29. The monoisotopic (exact) mass is 383 g/mol. The first kappa shape index (κ1) is 18.3. The highest BCUT2D eigenvalue weighted by Crippen LogP contribution is 2.34. The van der Waals surface area contributed by atoms with Crippen LogP contribution in [0.2, 0.25) is 5.15 Å². The number of aryl methyl sites for hydroxylation is 2. The highest BCUT2D eigenvalue weighted by molar-refractivity contribution is 6.30. The summed E-state index contributed by atoms with van der Waals surface area (Å²) in [5.74, 6) is 0.456. The van der Waals surface area contributed by atoms with Gasteiger partial charge in [0.2, 0.25) is 0 Å². The molecule has 0 aliphatic carbocycles. The van der Waals surface area contributed by atoms with E-state index in [9.17, 15) is 0 Å². The summed E-state index contributed by atoms with van der Waals surface area (Å²) in [7, 11) is 1.92. The van der Waals surface area contributed by atoms with Gasteiger partial charge in [0.05, 0.1) is 11.9 Å². The predicted octanol–water partition coefficient (Wildman–Crippen LogP) is 4.41. The van der Waals surface area contributed by atoms with E-state index in [4.69, 9.17) is 11.6 Å². The molecule has 142 valence electrons. The van der Waals surface area contributed by atoms with Crippen molar-refractivity contribution in [1.29, 1.82) is 0 Å². The third-order valence-electron chi connectivity index (χ3n) is 5.54. The van der Waals surface area contributed by atoms with E-state index >= 15 is 0 Å². The molecule has 0 saturated carbocycles. The number of nitrogens with one attached hydrogen (secondary N) is 1. The summed E-state index contributed by atoms with van der Waals surface area (Å²) in [6.07, 6.45) is 5.22. The maximum absolute atomic E-state index is 6.51. The molecule has 4 rings (SSSR count). The summed E-state index contributed by atoms with van der Waals surface area (Å²) in [6.45, 7) is 5.11. The van der Waals surface area contributed by atoms with Gasteiger partial charge < -0.3 is 0 Å². The smallest absolute Gasteiger partial charge is 0.131 e. The molecule has 1 atom stereocenters. The van der Waals surface area contributed by atoms with E-state index in [0.29, 0.717) is 5.92 Å². The first-order valence-corrected chi connectivity index (χ1v) is 10.1. The Bertz CT molecular complexity index is 899. The molecule has 1 fully saturated rings. The van der Waals surface area contributed by atoms with Crippen LogP contribution in [0.25, 0.3) is 11.1 Å². The Kier molecular flexibility index (Phi) is 5.32. The largest absolute Gasteiger partial charge is 0.298 e. The minimum absolute atomic E-state index is 0.456.